The first-order chi connectivity index (χ1) is 17.1. The summed E-state index contributed by atoms with van der Waals surface area (Å²) in [5.41, 5.74) is 2.37. The van der Waals surface area contributed by atoms with Gasteiger partial charge >= 0.3 is 0 Å². The summed E-state index contributed by atoms with van der Waals surface area (Å²) in [7, 11) is 3.25. The zero-order chi connectivity index (χ0) is 24.6. The summed E-state index contributed by atoms with van der Waals surface area (Å²) in [6, 6.07) is 15.0. The van der Waals surface area contributed by atoms with E-state index in [1.54, 1.807) is 26.5 Å². The van der Waals surface area contributed by atoms with E-state index in [1.807, 2.05) is 42.5 Å². The molecule has 1 N–H and O–H groups in total. The zero-order valence-corrected chi connectivity index (χ0v) is 20.4. The first kappa shape index (κ1) is 25.0. The van der Waals surface area contributed by atoms with Crippen LogP contribution in [-0.4, -0.2) is 55.5 Å². The van der Waals surface area contributed by atoms with Crippen LogP contribution in [0.25, 0.3) is 10.9 Å². The van der Waals surface area contributed by atoms with Crippen LogP contribution in [0.3, 0.4) is 0 Å². The first-order valence-electron chi connectivity index (χ1n) is 12.1. The van der Waals surface area contributed by atoms with Crippen molar-refractivity contribution in [2.75, 3.05) is 40.5 Å². The highest BCUT2D eigenvalue weighted by Crippen LogP contribution is 2.35. The lowest BCUT2D eigenvalue weighted by Gasteiger charge is -2.37. The molecule has 1 aromatic heterocycles. The van der Waals surface area contributed by atoms with E-state index in [-0.39, 0.29) is 12.5 Å². The monoisotopic (exact) mass is 476 g/mol. The summed E-state index contributed by atoms with van der Waals surface area (Å²) in [5.74, 6) is 8.38. The zero-order valence-electron chi connectivity index (χ0n) is 20.4. The van der Waals surface area contributed by atoms with Crippen LogP contribution < -0.4 is 9.47 Å². The Morgan fingerprint density at radius 2 is 1.86 bits per heavy atom. The lowest BCUT2D eigenvalue weighted by atomic mass is 9.81. The third-order valence-corrected chi connectivity index (χ3v) is 6.95. The molecule has 3 atom stereocenters. The van der Waals surface area contributed by atoms with Crippen molar-refractivity contribution in [2.24, 2.45) is 11.8 Å². The van der Waals surface area contributed by atoms with Gasteiger partial charge in [-0.25, -0.2) is 4.39 Å². The van der Waals surface area contributed by atoms with Crippen molar-refractivity contribution in [1.82, 2.24) is 9.88 Å². The summed E-state index contributed by atoms with van der Waals surface area (Å²) < 4.78 is 25.9. The highest BCUT2D eigenvalue weighted by molar-refractivity contribution is 5.83. The number of hydrogen-bond acceptors (Lipinski definition) is 5. The Hall–Kier alpha value is -3.14. The third-order valence-electron chi connectivity index (χ3n) is 6.95. The number of aliphatic hydroxyl groups excluding tert-OH is 1. The van der Waals surface area contributed by atoms with Crippen molar-refractivity contribution in [3.63, 3.8) is 0 Å². The van der Waals surface area contributed by atoms with E-state index in [4.69, 9.17) is 9.47 Å². The van der Waals surface area contributed by atoms with E-state index in [0.717, 1.165) is 48.1 Å². The van der Waals surface area contributed by atoms with Crippen molar-refractivity contribution in [3.8, 4) is 23.3 Å². The summed E-state index contributed by atoms with van der Waals surface area (Å²) >= 11 is 0. The van der Waals surface area contributed by atoms with Gasteiger partial charge in [-0.2, -0.15) is 0 Å². The fraction of sp³-hybridized carbons (Fsp3) is 0.414. The Morgan fingerprint density at radius 3 is 2.60 bits per heavy atom. The number of ether oxygens (including phenoxy) is 2. The van der Waals surface area contributed by atoms with Gasteiger partial charge in [0.2, 0.25) is 0 Å². The Balaban J connectivity index is 1.32. The fourth-order valence-electron chi connectivity index (χ4n) is 4.88. The van der Waals surface area contributed by atoms with Gasteiger partial charge in [-0.1, -0.05) is 11.8 Å². The van der Waals surface area contributed by atoms with Crippen molar-refractivity contribution < 1.29 is 19.0 Å². The molecule has 5 nitrogen and oxygen atoms in total. The van der Waals surface area contributed by atoms with E-state index >= 15 is 4.39 Å². The number of aromatic nitrogens is 1. The highest BCUT2D eigenvalue weighted by Gasteiger charge is 2.29. The molecular formula is C29H33FN2O3. The second kappa shape index (κ2) is 12.0. The number of benzene rings is 2. The van der Waals surface area contributed by atoms with Gasteiger partial charge in [-0.15, -0.1) is 0 Å². The molecule has 0 aliphatic carbocycles. The number of methoxy groups -OCH3 is 2. The van der Waals surface area contributed by atoms with Crippen LogP contribution >= 0.6 is 0 Å². The number of aliphatic hydroxyl groups is 1. The van der Waals surface area contributed by atoms with Gasteiger partial charge in [0.25, 0.3) is 0 Å². The Bertz CT molecular complexity index is 1170. The molecule has 35 heavy (non-hydrogen) atoms. The van der Waals surface area contributed by atoms with Gasteiger partial charge in [-0.05, 0) is 91.7 Å². The molecule has 1 aliphatic rings. The van der Waals surface area contributed by atoms with E-state index in [1.165, 1.54) is 0 Å². The second-order valence-corrected chi connectivity index (χ2v) is 9.08. The Labute approximate surface area is 206 Å². The fourth-order valence-corrected chi connectivity index (χ4v) is 4.88. The molecule has 6 heteroatoms. The van der Waals surface area contributed by atoms with Crippen molar-refractivity contribution in [1.29, 1.82) is 0 Å². The standard InChI is InChI=1S/C29H33FN2O3/c1-34-24-8-5-21(6-9-24)4-3-16-32-17-14-22(23(19-32)20-33)7-11-28(30)26-13-15-31-29-12-10-25(35-2)18-27(26)29/h5-6,8-10,12-13,15,18,22-23,28,33H,7,11,14,16-17,19-20H2,1-2H3/t22-,23-,28-/m1/s1. The molecule has 2 aromatic carbocycles. The average Bonchev–Trinajstić information content (AvgIpc) is 2.91. The number of halogens is 1. The summed E-state index contributed by atoms with van der Waals surface area (Å²) in [6.07, 6.45) is 2.69. The second-order valence-electron chi connectivity index (χ2n) is 9.08. The molecule has 0 spiro atoms. The molecule has 184 valence electrons. The van der Waals surface area contributed by atoms with E-state index < -0.39 is 6.17 Å². The largest absolute Gasteiger partial charge is 0.497 e. The van der Waals surface area contributed by atoms with Gasteiger partial charge in [0.05, 0.1) is 26.3 Å². The Morgan fingerprint density at radius 1 is 1.09 bits per heavy atom. The van der Waals surface area contributed by atoms with Gasteiger partial charge in [0.1, 0.15) is 17.7 Å². The minimum Gasteiger partial charge on any atom is -0.497 e. The number of nitrogens with zero attached hydrogens (tertiary/aromatic N) is 2. The van der Waals surface area contributed by atoms with Gasteiger partial charge in [0.15, 0.2) is 0 Å². The molecular weight excluding hydrogens is 443 g/mol. The van der Waals surface area contributed by atoms with Crippen LogP contribution in [-0.2, 0) is 0 Å². The maximum atomic E-state index is 15.4. The van der Waals surface area contributed by atoms with Crippen LogP contribution in [0.4, 0.5) is 4.39 Å². The lowest BCUT2D eigenvalue weighted by Crippen LogP contribution is -2.42. The average molecular weight is 477 g/mol. The maximum Gasteiger partial charge on any atom is 0.126 e. The smallest absolute Gasteiger partial charge is 0.126 e. The molecule has 0 radical (unpaired) electrons. The van der Waals surface area contributed by atoms with E-state index in [0.29, 0.717) is 30.2 Å². The van der Waals surface area contributed by atoms with Crippen LogP contribution in [0.1, 0.15) is 36.6 Å². The van der Waals surface area contributed by atoms with E-state index in [9.17, 15) is 5.11 Å². The van der Waals surface area contributed by atoms with Crippen molar-refractivity contribution >= 4 is 10.9 Å². The molecule has 1 saturated heterocycles. The van der Waals surface area contributed by atoms with Crippen LogP contribution in [0.5, 0.6) is 11.5 Å². The minimum atomic E-state index is -1.08. The molecule has 1 fully saturated rings. The molecule has 1 aliphatic heterocycles. The van der Waals surface area contributed by atoms with Crippen molar-refractivity contribution in [3.05, 3.63) is 65.9 Å². The molecule has 0 bridgehead atoms. The first-order valence-corrected chi connectivity index (χ1v) is 12.1. The number of hydrogen-bond donors (Lipinski definition) is 1. The maximum absolute atomic E-state index is 15.4. The molecule has 0 unspecified atom stereocenters. The minimum absolute atomic E-state index is 0.111. The Kier molecular flexibility index (Phi) is 8.57. The molecule has 0 saturated carbocycles. The predicted octanol–water partition coefficient (Wildman–Crippen LogP) is 5.02. The summed E-state index contributed by atoms with van der Waals surface area (Å²) in [4.78, 5) is 6.64. The van der Waals surface area contributed by atoms with Crippen LogP contribution in [0, 0.1) is 23.7 Å². The quantitative estimate of drug-likeness (QED) is 0.463. The number of piperidine rings is 1. The molecule has 0 amide bonds. The summed E-state index contributed by atoms with van der Waals surface area (Å²) in [6.45, 7) is 2.46. The van der Waals surface area contributed by atoms with Crippen LogP contribution in [0.15, 0.2) is 54.7 Å². The lowest BCUT2D eigenvalue weighted by molar-refractivity contribution is 0.0708. The number of fused-ring (bicyclic) bond motifs is 1. The summed E-state index contributed by atoms with van der Waals surface area (Å²) in [5, 5.41) is 10.8. The SMILES string of the molecule is COc1ccc(C#CCN2CC[C@@H](CC[C@@H](F)c3ccnc4ccc(OC)cc34)[C@@H](CO)C2)cc1. The molecule has 3 aromatic rings. The van der Waals surface area contributed by atoms with Crippen LogP contribution in [0.2, 0.25) is 0 Å². The number of alkyl halides is 1. The van der Waals surface area contributed by atoms with Gasteiger partial charge < -0.3 is 14.6 Å². The molecule has 2 heterocycles. The topological polar surface area (TPSA) is 54.8 Å². The third kappa shape index (κ3) is 6.30. The number of pyridine rings is 1. The van der Waals surface area contributed by atoms with Gasteiger partial charge in [-0.3, -0.25) is 9.88 Å². The number of rotatable bonds is 8. The highest BCUT2D eigenvalue weighted by atomic mass is 19.1. The van der Waals surface area contributed by atoms with Gasteiger partial charge in [0, 0.05) is 30.3 Å². The normalized spacial score (nSPS) is 19.1. The van der Waals surface area contributed by atoms with Crippen molar-refractivity contribution in [2.45, 2.75) is 25.4 Å². The molecule has 4 rings (SSSR count). The number of likely N-dealkylation sites (tertiary alicyclic amines) is 1. The van der Waals surface area contributed by atoms with E-state index in [2.05, 4.69) is 21.7 Å². The predicted molar refractivity (Wildman–Crippen MR) is 136 cm³/mol.